The molecule has 1 N–H and O–H groups in total. The van der Waals surface area contributed by atoms with Crippen molar-refractivity contribution < 1.29 is 9.90 Å². The van der Waals surface area contributed by atoms with Crippen molar-refractivity contribution in [1.29, 1.82) is 0 Å². The van der Waals surface area contributed by atoms with Crippen LogP contribution in [0.1, 0.15) is 23.3 Å². The van der Waals surface area contributed by atoms with Crippen LogP contribution >= 0.6 is 11.3 Å². The molecular formula is C15H22N2O2S. The number of hydrogen-bond donors (Lipinski definition) is 1. The van der Waals surface area contributed by atoms with Gasteiger partial charge in [0.2, 0.25) is 0 Å². The number of carboxylic acid groups (broad SMARTS) is 1. The van der Waals surface area contributed by atoms with Crippen LogP contribution in [0.15, 0.2) is 17.5 Å². The summed E-state index contributed by atoms with van der Waals surface area (Å²) >= 11 is 1.70. The van der Waals surface area contributed by atoms with E-state index >= 15 is 0 Å². The third kappa shape index (κ3) is 4.44. The van der Waals surface area contributed by atoms with Gasteiger partial charge in [0.05, 0.1) is 0 Å². The summed E-state index contributed by atoms with van der Waals surface area (Å²) in [6.45, 7) is 3.29. The lowest BCUT2D eigenvalue weighted by molar-refractivity contribution is -0.131. The Morgan fingerprint density at radius 2 is 2.25 bits per heavy atom. The summed E-state index contributed by atoms with van der Waals surface area (Å²) in [7, 11) is 4.36. The zero-order chi connectivity index (χ0) is 14.5. The van der Waals surface area contributed by atoms with Gasteiger partial charge in [-0.15, -0.1) is 11.3 Å². The molecule has 4 nitrogen and oxygen atoms in total. The predicted octanol–water partition coefficient (Wildman–Crippen LogP) is 2.37. The minimum absolute atomic E-state index is 0.659. The largest absolute Gasteiger partial charge is 0.478 e. The minimum Gasteiger partial charge on any atom is -0.478 e. The number of likely N-dealkylation sites (tertiary alicyclic amines) is 1. The average Bonchev–Trinajstić information content (AvgIpc) is 2.84. The van der Waals surface area contributed by atoms with Crippen molar-refractivity contribution in [1.82, 2.24) is 9.80 Å². The Kier molecular flexibility index (Phi) is 5.34. The molecule has 0 atom stereocenters. The molecule has 2 rings (SSSR count). The topological polar surface area (TPSA) is 43.8 Å². The van der Waals surface area contributed by atoms with Crippen LogP contribution in [0.5, 0.6) is 0 Å². The van der Waals surface area contributed by atoms with E-state index in [0.717, 1.165) is 12.1 Å². The quantitative estimate of drug-likeness (QED) is 0.847. The fourth-order valence-corrected chi connectivity index (χ4v) is 3.46. The first kappa shape index (κ1) is 15.2. The molecule has 1 fully saturated rings. The van der Waals surface area contributed by atoms with E-state index < -0.39 is 5.97 Å². The Hall–Kier alpha value is -1.17. The van der Waals surface area contributed by atoms with Gasteiger partial charge < -0.3 is 10.0 Å². The highest BCUT2D eigenvalue weighted by Crippen LogP contribution is 2.21. The van der Waals surface area contributed by atoms with E-state index in [1.165, 1.54) is 36.9 Å². The van der Waals surface area contributed by atoms with Crippen LogP contribution in [0.4, 0.5) is 0 Å². The fourth-order valence-electron chi connectivity index (χ4n) is 2.55. The molecule has 0 bridgehead atoms. The molecule has 0 spiro atoms. The van der Waals surface area contributed by atoms with E-state index in [9.17, 15) is 4.79 Å². The summed E-state index contributed by atoms with van der Waals surface area (Å²) in [6, 6.07) is 2.74. The first-order valence-electron chi connectivity index (χ1n) is 6.92. The second-order valence-electron chi connectivity index (χ2n) is 5.47. The molecule has 2 heterocycles. The lowest BCUT2D eigenvalue weighted by atomic mass is 10.0. The summed E-state index contributed by atoms with van der Waals surface area (Å²) in [4.78, 5) is 16.6. The van der Waals surface area contributed by atoms with Crippen molar-refractivity contribution in [2.24, 2.45) is 0 Å². The van der Waals surface area contributed by atoms with Crippen LogP contribution < -0.4 is 0 Å². The van der Waals surface area contributed by atoms with Crippen molar-refractivity contribution in [2.45, 2.75) is 25.4 Å². The van der Waals surface area contributed by atoms with Gasteiger partial charge in [-0.2, -0.15) is 0 Å². The van der Waals surface area contributed by atoms with Crippen molar-refractivity contribution in [3.05, 3.63) is 28.0 Å². The smallest absolute Gasteiger partial charge is 0.328 e. The number of nitrogens with zero attached hydrogens (tertiary/aromatic N) is 2. The molecule has 1 aliphatic rings. The van der Waals surface area contributed by atoms with Crippen LogP contribution in [-0.4, -0.2) is 54.1 Å². The molecule has 1 saturated heterocycles. The van der Waals surface area contributed by atoms with Gasteiger partial charge in [0.15, 0.2) is 0 Å². The zero-order valence-corrected chi connectivity index (χ0v) is 12.9. The van der Waals surface area contributed by atoms with E-state index in [1.807, 2.05) is 5.38 Å². The highest BCUT2D eigenvalue weighted by Gasteiger charge is 2.20. The third-order valence-corrected chi connectivity index (χ3v) is 4.75. The van der Waals surface area contributed by atoms with E-state index in [0.29, 0.717) is 6.04 Å². The summed E-state index contributed by atoms with van der Waals surface area (Å²) in [5.74, 6) is -0.902. The molecule has 1 aromatic rings. The summed E-state index contributed by atoms with van der Waals surface area (Å²) < 4.78 is 0. The van der Waals surface area contributed by atoms with Gasteiger partial charge in [-0.05, 0) is 63.1 Å². The second-order valence-corrected chi connectivity index (χ2v) is 6.46. The number of aliphatic carboxylic acids is 1. The predicted molar refractivity (Wildman–Crippen MR) is 83.0 cm³/mol. The number of piperidine rings is 1. The number of rotatable bonds is 5. The maximum atomic E-state index is 10.5. The lowest BCUT2D eigenvalue weighted by Gasteiger charge is -2.34. The van der Waals surface area contributed by atoms with E-state index in [-0.39, 0.29) is 0 Å². The molecule has 0 amide bonds. The lowest BCUT2D eigenvalue weighted by Crippen LogP contribution is -2.41. The molecule has 1 aliphatic heterocycles. The molecular weight excluding hydrogens is 272 g/mol. The monoisotopic (exact) mass is 294 g/mol. The van der Waals surface area contributed by atoms with E-state index in [1.54, 1.807) is 17.4 Å². The molecule has 0 radical (unpaired) electrons. The van der Waals surface area contributed by atoms with Crippen LogP contribution in [0.2, 0.25) is 0 Å². The van der Waals surface area contributed by atoms with Crippen LogP contribution in [0.25, 0.3) is 6.08 Å². The molecule has 0 aliphatic carbocycles. The number of carbonyl (C=O) groups is 1. The third-order valence-electron chi connectivity index (χ3n) is 3.81. The minimum atomic E-state index is -0.902. The van der Waals surface area contributed by atoms with Gasteiger partial charge in [-0.1, -0.05) is 0 Å². The van der Waals surface area contributed by atoms with Crippen molar-refractivity contribution in [2.75, 3.05) is 27.2 Å². The summed E-state index contributed by atoms with van der Waals surface area (Å²) in [5, 5.41) is 10.6. The molecule has 110 valence electrons. The highest BCUT2D eigenvalue weighted by molar-refractivity contribution is 7.10. The van der Waals surface area contributed by atoms with Crippen LogP contribution in [0, 0.1) is 0 Å². The maximum absolute atomic E-state index is 10.5. The fraction of sp³-hybridized carbons (Fsp3) is 0.533. The molecule has 0 unspecified atom stereocenters. The Bertz CT molecular complexity index is 476. The summed E-state index contributed by atoms with van der Waals surface area (Å²) in [5.41, 5.74) is 0.976. The highest BCUT2D eigenvalue weighted by atomic mass is 32.1. The first-order valence-corrected chi connectivity index (χ1v) is 7.80. The van der Waals surface area contributed by atoms with Crippen LogP contribution in [-0.2, 0) is 11.3 Å². The Morgan fingerprint density at radius 3 is 2.90 bits per heavy atom. The molecule has 5 heteroatoms. The molecule has 1 aromatic heterocycles. The molecule has 0 saturated carbocycles. The van der Waals surface area contributed by atoms with Gasteiger partial charge in [-0.3, -0.25) is 4.90 Å². The normalized spacial score (nSPS) is 18.1. The number of thiophene rings is 1. The SMILES string of the molecule is CN1CCC(N(C)Cc2cc(C=CC(=O)O)cs2)CC1. The van der Waals surface area contributed by atoms with Gasteiger partial charge in [0.25, 0.3) is 0 Å². The van der Waals surface area contributed by atoms with Gasteiger partial charge in [0, 0.05) is 23.5 Å². The second kappa shape index (κ2) is 7.02. The van der Waals surface area contributed by atoms with Gasteiger partial charge >= 0.3 is 5.97 Å². The van der Waals surface area contributed by atoms with Crippen LogP contribution in [0.3, 0.4) is 0 Å². The Balaban J connectivity index is 1.88. The number of hydrogen-bond acceptors (Lipinski definition) is 4. The van der Waals surface area contributed by atoms with Gasteiger partial charge in [-0.25, -0.2) is 4.79 Å². The number of carboxylic acids is 1. The van der Waals surface area contributed by atoms with Gasteiger partial charge in [0.1, 0.15) is 0 Å². The molecule has 0 aromatic carbocycles. The summed E-state index contributed by atoms with van der Waals surface area (Å²) in [6.07, 6.45) is 5.29. The molecule has 20 heavy (non-hydrogen) atoms. The first-order chi connectivity index (χ1) is 9.54. The van der Waals surface area contributed by atoms with Crippen molar-refractivity contribution >= 4 is 23.4 Å². The van der Waals surface area contributed by atoms with Crippen molar-refractivity contribution in [3.8, 4) is 0 Å². The zero-order valence-electron chi connectivity index (χ0n) is 12.1. The maximum Gasteiger partial charge on any atom is 0.328 e. The van der Waals surface area contributed by atoms with E-state index in [4.69, 9.17) is 5.11 Å². The van der Waals surface area contributed by atoms with Crippen molar-refractivity contribution in [3.63, 3.8) is 0 Å². The Morgan fingerprint density at radius 1 is 1.55 bits per heavy atom. The van der Waals surface area contributed by atoms with E-state index in [2.05, 4.69) is 30.0 Å². The average molecular weight is 294 g/mol. The standard InChI is InChI=1S/C15H22N2O2S/c1-16-7-5-13(6-8-16)17(2)10-14-9-12(11-20-14)3-4-15(18)19/h3-4,9,11,13H,5-8,10H2,1-2H3,(H,18,19). The Labute approximate surface area is 124 Å².